The number of carbonyl (C=O) groups is 2. The van der Waals surface area contributed by atoms with E-state index in [1.165, 1.54) is 16.9 Å². The van der Waals surface area contributed by atoms with Crippen LogP contribution in [0.2, 0.25) is 0 Å². The van der Waals surface area contributed by atoms with Crippen LogP contribution in [-0.4, -0.2) is 78.0 Å². The molecule has 0 radical (unpaired) electrons. The maximum atomic E-state index is 12.3. The first kappa shape index (κ1) is 15.7. The molecule has 0 spiro atoms. The number of aliphatic hydroxyl groups excluding tert-OH is 1. The lowest BCUT2D eigenvalue weighted by molar-refractivity contribution is -0.142. The van der Waals surface area contributed by atoms with Gasteiger partial charge >= 0.3 is 12.0 Å². The van der Waals surface area contributed by atoms with E-state index in [2.05, 4.69) is 0 Å². The van der Waals surface area contributed by atoms with Crippen molar-refractivity contribution in [1.82, 2.24) is 9.80 Å². The van der Waals surface area contributed by atoms with Gasteiger partial charge in [-0.1, -0.05) is 6.92 Å². The molecule has 0 aliphatic carbocycles. The third-order valence-corrected chi connectivity index (χ3v) is 3.40. The van der Waals surface area contributed by atoms with Gasteiger partial charge in [-0.15, -0.1) is 0 Å². The van der Waals surface area contributed by atoms with Crippen molar-refractivity contribution in [2.24, 2.45) is 5.92 Å². The lowest BCUT2D eigenvalue weighted by atomic mass is 10.0. The minimum atomic E-state index is -0.978. The maximum absolute atomic E-state index is 12.3. The van der Waals surface area contributed by atoms with E-state index in [1.54, 1.807) is 0 Å². The fraction of sp³-hybridized carbons (Fsp3) is 0.833. The third-order valence-electron chi connectivity index (χ3n) is 3.40. The molecule has 1 saturated heterocycles. The van der Waals surface area contributed by atoms with Gasteiger partial charge in [0.25, 0.3) is 0 Å². The fourth-order valence-electron chi connectivity index (χ4n) is 2.35. The molecule has 0 aromatic rings. The Morgan fingerprint density at radius 3 is 2.63 bits per heavy atom. The summed E-state index contributed by atoms with van der Waals surface area (Å²) in [6.07, 6.45) is 0.681. The Labute approximate surface area is 112 Å². The molecule has 2 N–H and O–H groups in total. The van der Waals surface area contributed by atoms with Crippen molar-refractivity contribution in [2.75, 3.05) is 40.0 Å². The highest BCUT2D eigenvalue weighted by Crippen LogP contribution is 2.25. The number of methoxy groups -OCH3 is 1. The number of aliphatic hydroxyl groups is 1. The van der Waals surface area contributed by atoms with Crippen LogP contribution < -0.4 is 0 Å². The summed E-state index contributed by atoms with van der Waals surface area (Å²) < 4.78 is 4.92. The summed E-state index contributed by atoms with van der Waals surface area (Å²) in [4.78, 5) is 26.4. The summed E-state index contributed by atoms with van der Waals surface area (Å²) in [5.74, 6) is -1.03. The molecular formula is C12H22N2O5. The number of aliphatic carboxylic acids is 1. The Balaban J connectivity index is 2.74. The number of nitrogens with zero attached hydrogens (tertiary/aromatic N) is 2. The van der Waals surface area contributed by atoms with Crippen molar-refractivity contribution in [3.05, 3.63) is 0 Å². The molecule has 1 rings (SSSR count). The largest absolute Gasteiger partial charge is 0.480 e. The van der Waals surface area contributed by atoms with Crippen molar-refractivity contribution in [3.8, 4) is 0 Å². The average molecular weight is 274 g/mol. The molecule has 110 valence electrons. The Hall–Kier alpha value is -1.34. The highest BCUT2D eigenvalue weighted by Gasteiger charge is 2.40. The molecule has 1 fully saturated rings. The van der Waals surface area contributed by atoms with Crippen LogP contribution in [0.3, 0.4) is 0 Å². The summed E-state index contributed by atoms with van der Waals surface area (Å²) >= 11 is 0. The first-order valence-electron chi connectivity index (χ1n) is 6.41. The number of hydrogen-bond donors (Lipinski definition) is 2. The van der Waals surface area contributed by atoms with Crippen molar-refractivity contribution in [3.63, 3.8) is 0 Å². The molecule has 1 aliphatic heterocycles. The average Bonchev–Trinajstić information content (AvgIpc) is 2.75. The number of urea groups is 1. The summed E-state index contributed by atoms with van der Waals surface area (Å²) in [6.45, 7) is 2.99. The van der Waals surface area contributed by atoms with Crippen molar-refractivity contribution in [1.29, 1.82) is 0 Å². The molecule has 1 aliphatic rings. The molecule has 2 unspecified atom stereocenters. The second-order valence-electron chi connectivity index (χ2n) is 4.73. The van der Waals surface area contributed by atoms with Crippen LogP contribution in [0.25, 0.3) is 0 Å². The SMILES string of the molecule is COCCN(CCO)C(=O)N1CCC(C)C1C(=O)O. The summed E-state index contributed by atoms with van der Waals surface area (Å²) in [5, 5.41) is 18.2. The number of carbonyl (C=O) groups excluding carboxylic acids is 1. The van der Waals surface area contributed by atoms with Gasteiger partial charge in [-0.2, -0.15) is 0 Å². The summed E-state index contributed by atoms with van der Waals surface area (Å²) in [5.41, 5.74) is 0. The normalized spacial score (nSPS) is 22.6. The van der Waals surface area contributed by atoms with Crippen LogP contribution >= 0.6 is 0 Å². The first-order valence-corrected chi connectivity index (χ1v) is 6.41. The third kappa shape index (κ3) is 3.81. The van der Waals surface area contributed by atoms with Gasteiger partial charge in [-0.05, 0) is 12.3 Å². The predicted octanol–water partition coefficient (Wildman–Crippen LogP) is -0.158. The van der Waals surface area contributed by atoms with Crippen molar-refractivity contribution < 1.29 is 24.5 Å². The van der Waals surface area contributed by atoms with Gasteiger partial charge in [0, 0.05) is 26.7 Å². The van der Waals surface area contributed by atoms with E-state index in [0.717, 1.165) is 0 Å². The Morgan fingerprint density at radius 1 is 1.42 bits per heavy atom. The van der Waals surface area contributed by atoms with Crippen LogP contribution in [0.15, 0.2) is 0 Å². The lowest BCUT2D eigenvalue weighted by Crippen LogP contribution is -2.50. The molecule has 7 heteroatoms. The van der Waals surface area contributed by atoms with Crippen LogP contribution in [0.5, 0.6) is 0 Å². The van der Waals surface area contributed by atoms with Gasteiger partial charge < -0.3 is 24.7 Å². The van der Waals surface area contributed by atoms with E-state index in [4.69, 9.17) is 9.84 Å². The zero-order valence-electron chi connectivity index (χ0n) is 11.4. The predicted molar refractivity (Wildman–Crippen MR) is 67.8 cm³/mol. The number of likely N-dealkylation sites (tertiary alicyclic amines) is 1. The second kappa shape index (κ2) is 7.30. The minimum Gasteiger partial charge on any atom is -0.480 e. The quantitative estimate of drug-likeness (QED) is 0.702. The van der Waals surface area contributed by atoms with E-state index in [-0.39, 0.29) is 25.1 Å². The second-order valence-corrected chi connectivity index (χ2v) is 4.73. The molecule has 7 nitrogen and oxygen atoms in total. The number of rotatable bonds is 6. The zero-order chi connectivity index (χ0) is 14.4. The molecule has 2 amide bonds. The van der Waals surface area contributed by atoms with Gasteiger partial charge in [0.2, 0.25) is 0 Å². The Bertz CT molecular complexity index is 323. The van der Waals surface area contributed by atoms with Gasteiger partial charge in [0.15, 0.2) is 0 Å². The van der Waals surface area contributed by atoms with Crippen LogP contribution in [0, 0.1) is 5.92 Å². The van der Waals surface area contributed by atoms with E-state index in [0.29, 0.717) is 26.1 Å². The Kier molecular flexibility index (Phi) is 6.04. The molecule has 0 bridgehead atoms. The van der Waals surface area contributed by atoms with Gasteiger partial charge in [0.05, 0.1) is 13.2 Å². The molecule has 0 saturated carbocycles. The number of hydrogen-bond acceptors (Lipinski definition) is 4. The monoisotopic (exact) mass is 274 g/mol. The van der Waals surface area contributed by atoms with Crippen LogP contribution in [0.4, 0.5) is 4.79 Å². The van der Waals surface area contributed by atoms with Crippen LogP contribution in [-0.2, 0) is 9.53 Å². The van der Waals surface area contributed by atoms with Gasteiger partial charge in [-0.25, -0.2) is 9.59 Å². The molecule has 1 heterocycles. The zero-order valence-corrected chi connectivity index (χ0v) is 11.4. The first-order chi connectivity index (χ1) is 9.02. The minimum absolute atomic E-state index is 0.0557. The van der Waals surface area contributed by atoms with E-state index >= 15 is 0 Å². The van der Waals surface area contributed by atoms with E-state index < -0.39 is 12.0 Å². The standard InChI is InChI=1S/C12H22N2O5/c1-9-3-4-14(10(9)11(16)17)12(18)13(5-7-15)6-8-19-2/h9-10,15H,3-8H2,1-2H3,(H,16,17). The smallest absolute Gasteiger partial charge is 0.326 e. The number of ether oxygens (including phenoxy) is 1. The summed E-state index contributed by atoms with van der Waals surface area (Å²) in [6, 6.07) is -1.13. The molecule has 19 heavy (non-hydrogen) atoms. The molecule has 2 atom stereocenters. The molecular weight excluding hydrogens is 252 g/mol. The van der Waals surface area contributed by atoms with Crippen molar-refractivity contribution in [2.45, 2.75) is 19.4 Å². The highest BCUT2D eigenvalue weighted by atomic mass is 16.5. The van der Waals surface area contributed by atoms with E-state index in [1.807, 2.05) is 6.92 Å². The van der Waals surface area contributed by atoms with Gasteiger partial charge in [-0.3, -0.25) is 0 Å². The highest BCUT2D eigenvalue weighted by molar-refractivity contribution is 5.83. The number of carboxylic acids is 1. The van der Waals surface area contributed by atoms with Crippen molar-refractivity contribution >= 4 is 12.0 Å². The topological polar surface area (TPSA) is 90.3 Å². The van der Waals surface area contributed by atoms with E-state index in [9.17, 15) is 14.7 Å². The lowest BCUT2D eigenvalue weighted by Gasteiger charge is -2.30. The van der Waals surface area contributed by atoms with Crippen LogP contribution in [0.1, 0.15) is 13.3 Å². The molecule has 0 aromatic heterocycles. The number of amides is 2. The fourth-order valence-corrected chi connectivity index (χ4v) is 2.35. The molecule has 0 aromatic carbocycles. The Morgan fingerprint density at radius 2 is 2.11 bits per heavy atom. The maximum Gasteiger partial charge on any atom is 0.326 e. The van der Waals surface area contributed by atoms with Gasteiger partial charge in [0.1, 0.15) is 6.04 Å². The summed E-state index contributed by atoms with van der Waals surface area (Å²) in [7, 11) is 1.53. The number of carboxylic acid groups (broad SMARTS) is 1.